The van der Waals surface area contributed by atoms with Crippen molar-refractivity contribution in [1.82, 2.24) is 15.0 Å². The van der Waals surface area contributed by atoms with E-state index in [1.54, 1.807) is 7.11 Å². The Morgan fingerprint density at radius 3 is 2.39 bits per heavy atom. The predicted molar refractivity (Wildman–Crippen MR) is 115 cm³/mol. The van der Waals surface area contributed by atoms with Crippen molar-refractivity contribution in [3.05, 3.63) is 41.0 Å². The second-order valence-corrected chi connectivity index (χ2v) is 7.40. The molecule has 0 aliphatic carbocycles. The molecule has 0 saturated heterocycles. The number of allylic oxidation sites excluding steroid dienone is 2. The van der Waals surface area contributed by atoms with Crippen molar-refractivity contribution in [2.24, 2.45) is 5.92 Å². The average Bonchev–Trinajstić information content (AvgIpc) is 2.69. The van der Waals surface area contributed by atoms with Crippen LogP contribution in [0.15, 0.2) is 18.2 Å². The van der Waals surface area contributed by atoms with E-state index in [1.807, 2.05) is 32.9 Å². The Labute approximate surface area is 168 Å². The molecule has 0 spiro atoms. The molecule has 28 heavy (non-hydrogen) atoms. The molecule has 0 radical (unpaired) electrons. The van der Waals surface area contributed by atoms with Gasteiger partial charge in [-0.3, -0.25) is 0 Å². The van der Waals surface area contributed by atoms with Crippen molar-refractivity contribution in [3.8, 4) is 17.1 Å². The highest BCUT2D eigenvalue weighted by Gasteiger charge is 2.21. The number of aromatic nitrogens is 3. The van der Waals surface area contributed by atoms with Crippen LogP contribution in [-0.2, 0) is 0 Å². The fourth-order valence-corrected chi connectivity index (χ4v) is 3.54. The molecule has 0 fully saturated rings. The third kappa shape index (κ3) is 4.58. The summed E-state index contributed by atoms with van der Waals surface area (Å²) in [7, 11) is 1.64. The molecule has 2 heterocycles. The molecular weight excluding hydrogens is 350 g/mol. The van der Waals surface area contributed by atoms with E-state index in [1.165, 1.54) is 0 Å². The fraction of sp³-hybridized carbons (Fsp3) is 0.522. The number of nitrogens with zero attached hydrogens (tertiary/aromatic N) is 3. The summed E-state index contributed by atoms with van der Waals surface area (Å²) in [6, 6.07) is 4.05. The Morgan fingerprint density at radius 2 is 1.86 bits per heavy atom. The van der Waals surface area contributed by atoms with Crippen LogP contribution in [0.5, 0.6) is 5.88 Å². The van der Waals surface area contributed by atoms with E-state index in [-0.39, 0.29) is 12.5 Å². The summed E-state index contributed by atoms with van der Waals surface area (Å²) in [5.74, 6) is 1.18. The lowest BCUT2D eigenvalue weighted by Crippen LogP contribution is -2.10. The highest BCUT2D eigenvalue weighted by atomic mass is 16.5. The lowest BCUT2D eigenvalue weighted by atomic mass is 9.89. The lowest BCUT2D eigenvalue weighted by molar-refractivity contribution is 0.270. The van der Waals surface area contributed by atoms with Crippen LogP contribution >= 0.6 is 0 Å². The van der Waals surface area contributed by atoms with Gasteiger partial charge in [-0.15, -0.1) is 0 Å². The van der Waals surface area contributed by atoms with Crippen LogP contribution in [0.4, 0.5) is 0 Å². The van der Waals surface area contributed by atoms with Crippen LogP contribution in [-0.4, -0.2) is 33.8 Å². The van der Waals surface area contributed by atoms with Gasteiger partial charge in [0.2, 0.25) is 5.88 Å². The van der Waals surface area contributed by atoms with Gasteiger partial charge >= 0.3 is 0 Å². The maximum atomic E-state index is 9.41. The minimum atomic E-state index is 0.171. The number of methoxy groups -OCH3 is 1. The van der Waals surface area contributed by atoms with Crippen LogP contribution in [0.25, 0.3) is 16.8 Å². The van der Waals surface area contributed by atoms with Gasteiger partial charge in [-0.2, -0.15) is 0 Å². The lowest BCUT2D eigenvalue weighted by Gasteiger charge is -2.20. The van der Waals surface area contributed by atoms with E-state index in [2.05, 4.69) is 31.8 Å². The zero-order valence-electron chi connectivity index (χ0n) is 18.2. The summed E-state index contributed by atoms with van der Waals surface area (Å²) in [6.45, 7) is 12.5. The van der Waals surface area contributed by atoms with Crippen LogP contribution in [0.2, 0.25) is 0 Å². The standard InChI is InChI=1S/C23H33N3O2/c1-8-17(12-13-27)18(9-2)21-15(5)25-22(16(6)24-21)19-10-11-20(14(3)4)26-23(19)28-7/h9-11,14,17,27H,8,12-13H2,1-7H3/b18-9-/t17-/m1/s1. The van der Waals surface area contributed by atoms with Crippen LogP contribution < -0.4 is 4.74 Å². The minimum absolute atomic E-state index is 0.171. The zero-order valence-corrected chi connectivity index (χ0v) is 18.2. The molecule has 5 heteroatoms. The van der Waals surface area contributed by atoms with E-state index < -0.39 is 0 Å². The van der Waals surface area contributed by atoms with Gasteiger partial charge in [-0.05, 0) is 63.2 Å². The molecule has 0 bridgehead atoms. The van der Waals surface area contributed by atoms with Crippen molar-refractivity contribution in [2.45, 2.75) is 60.3 Å². The van der Waals surface area contributed by atoms with Crippen LogP contribution in [0.1, 0.15) is 69.2 Å². The summed E-state index contributed by atoms with van der Waals surface area (Å²) < 4.78 is 5.55. The summed E-state index contributed by atoms with van der Waals surface area (Å²) in [6.07, 6.45) is 3.78. The molecule has 1 N–H and O–H groups in total. The molecule has 2 rings (SSSR count). The van der Waals surface area contributed by atoms with Crippen molar-refractivity contribution in [3.63, 3.8) is 0 Å². The first kappa shape index (κ1) is 22.0. The van der Waals surface area contributed by atoms with Crippen molar-refractivity contribution in [1.29, 1.82) is 0 Å². The van der Waals surface area contributed by atoms with Gasteiger partial charge in [-0.1, -0.05) is 26.8 Å². The predicted octanol–water partition coefficient (Wildman–Crippen LogP) is 5.10. The molecule has 152 valence electrons. The Balaban J connectivity index is 2.55. The molecule has 0 amide bonds. The monoisotopic (exact) mass is 383 g/mol. The van der Waals surface area contributed by atoms with Gasteiger partial charge in [0.25, 0.3) is 0 Å². The molecule has 5 nitrogen and oxygen atoms in total. The SMILES string of the molecule is C/C=C(\c1nc(C)c(-c2ccc(C(C)C)nc2OC)nc1C)[C@H](CC)CCO. The van der Waals surface area contributed by atoms with E-state index >= 15 is 0 Å². The molecule has 0 unspecified atom stereocenters. The van der Waals surface area contributed by atoms with Gasteiger partial charge < -0.3 is 9.84 Å². The smallest absolute Gasteiger partial charge is 0.222 e. The number of aryl methyl sites for hydroxylation is 2. The molecule has 2 aromatic rings. The Morgan fingerprint density at radius 1 is 1.14 bits per heavy atom. The summed E-state index contributed by atoms with van der Waals surface area (Å²) >= 11 is 0. The third-order valence-corrected chi connectivity index (χ3v) is 5.16. The fourth-order valence-electron chi connectivity index (χ4n) is 3.54. The van der Waals surface area contributed by atoms with Gasteiger partial charge in [0.1, 0.15) is 0 Å². The first-order valence-corrected chi connectivity index (χ1v) is 10.1. The van der Waals surface area contributed by atoms with Gasteiger partial charge in [0.15, 0.2) is 0 Å². The summed E-state index contributed by atoms with van der Waals surface area (Å²) in [4.78, 5) is 14.4. The largest absolute Gasteiger partial charge is 0.480 e. The Hall–Kier alpha value is -2.27. The quantitative estimate of drug-likeness (QED) is 0.687. The number of aliphatic hydroxyl groups excluding tert-OH is 1. The minimum Gasteiger partial charge on any atom is -0.480 e. The van der Waals surface area contributed by atoms with E-state index in [9.17, 15) is 5.11 Å². The van der Waals surface area contributed by atoms with Crippen LogP contribution in [0.3, 0.4) is 0 Å². The highest BCUT2D eigenvalue weighted by Crippen LogP contribution is 2.34. The van der Waals surface area contributed by atoms with Gasteiger partial charge in [0.05, 0.1) is 35.4 Å². The second-order valence-electron chi connectivity index (χ2n) is 7.40. The van der Waals surface area contributed by atoms with Crippen molar-refractivity contribution in [2.75, 3.05) is 13.7 Å². The number of hydrogen-bond acceptors (Lipinski definition) is 5. The third-order valence-electron chi connectivity index (χ3n) is 5.16. The number of pyridine rings is 1. The molecule has 0 aromatic carbocycles. The molecular formula is C23H33N3O2. The molecule has 1 atom stereocenters. The second kappa shape index (κ2) is 9.78. The topological polar surface area (TPSA) is 68.1 Å². The van der Waals surface area contributed by atoms with Gasteiger partial charge in [-0.25, -0.2) is 15.0 Å². The number of aliphatic hydroxyl groups is 1. The summed E-state index contributed by atoms with van der Waals surface area (Å²) in [5.41, 5.74) is 6.43. The molecule has 0 saturated carbocycles. The zero-order chi connectivity index (χ0) is 20.8. The Kier molecular flexibility index (Phi) is 7.69. The van der Waals surface area contributed by atoms with Crippen LogP contribution in [0, 0.1) is 19.8 Å². The average molecular weight is 384 g/mol. The number of rotatable bonds is 8. The first-order chi connectivity index (χ1) is 13.4. The molecule has 2 aromatic heterocycles. The number of ether oxygens (including phenoxy) is 1. The highest BCUT2D eigenvalue weighted by molar-refractivity contribution is 5.71. The maximum Gasteiger partial charge on any atom is 0.222 e. The molecule has 0 aliphatic heterocycles. The van der Waals surface area contributed by atoms with Gasteiger partial charge in [0, 0.05) is 12.3 Å². The van der Waals surface area contributed by atoms with Crippen molar-refractivity contribution >= 4 is 5.57 Å². The van der Waals surface area contributed by atoms with E-state index in [4.69, 9.17) is 14.7 Å². The maximum absolute atomic E-state index is 9.41. The normalized spacial score (nSPS) is 13.1. The molecule has 0 aliphatic rings. The Bertz CT molecular complexity index is 844. The van der Waals surface area contributed by atoms with Crippen molar-refractivity contribution < 1.29 is 9.84 Å². The number of hydrogen-bond donors (Lipinski definition) is 1. The first-order valence-electron chi connectivity index (χ1n) is 10.1. The van der Waals surface area contributed by atoms with E-state index in [0.717, 1.165) is 52.4 Å². The summed E-state index contributed by atoms with van der Waals surface area (Å²) in [5, 5.41) is 9.41. The van der Waals surface area contributed by atoms with E-state index in [0.29, 0.717) is 11.8 Å².